The second kappa shape index (κ2) is 4.01. The fraction of sp³-hybridized carbons (Fsp3) is 0.818. The highest BCUT2D eigenvalue weighted by atomic mass is 19.3. The Morgan fingerprint density at radius 1 is 1.29 bits per heavy atom. The van der Waals surface area contributed by atoms with Crippen LogP contribution < -0.4 is 5.73 Å². The summed E-state index contributed by atoms with van der Waals surface area (Å²) in [6, 6.07) is 0. The number of nitrogens with zero attached hydrogens (tertiary/aromatic N) is 1. The lowest BCUT2D eigenvalue weighted by Crippen LogP contribution is -2.45. The summed E-state index contributed by atoms with van der Waals surface area (Å²) in [6.45, 7) is 0.246. The molecule has 2 aliphatic rings. The van der Waals surface area contributed by atoms with Crippen molar-refractivity contribution < 1.29 is 18.4 Å². The summed E-state index contributed by atoms with van der Waals surface area (Å²) in [5, 5.41) is 0. The number of imide groups is 1. The average Bonchev–Trinajstić information content (AvgIpc) is 2.73. The maximum Gasteiger partial charge on any atom is 0.277 e. The number of alkyl halides is 2. The smallest absolute Gasteiger partial charge is 0.277 e. The number of hydrogen-bond donors (Lipinski definition) is 1. The van der Waals surface area contributed by atoms with Gasteiger partial charge < -0.3 is 5.73 Å². The molecule has 4 nitrogen and oxygen atoms in total. The van der Waals surface area contributed by atoms with Gasteiger partial charge in [0.1, 0.15) is 0 Å². The highest BCUT2D eigenvalue weighted by Crippen LogP contribution is 2.43. The normalized spacial score (nSPS) is 33.4. The molecule has 0 aromatic carbocycles. The van der Waals surface area contributed by atoms with Gasteiger partial charge in [-0.1, -0.05) is 6.92 Å². The van der Waals surface area contributed by atoms with E-state index in [1.54, 1.807) is 0 Å². The number of carbonyl (C=O) groups excluding carboxylic acids is 2. The van der Waals surface area contributed by atoms with Gasteiger partial charge in [-0.05, 0) is 18.8 Å². The van der Waals surface area contributed by atoms with Crippen molar-refractivity contribution in [2.45, 2.75) is 25.7 Å². The molecule has 1 heterocycles. The van der Waals surface area contributed by atoms with Crippen LogP contribution in [-0.4, -0.2) is 35.7 Å². The Kier molecular flexibility index (Phi) is 2.93. The first-order chi connectivity index (χ1) is 7.85. The second-order valence-electron chi connectivity index (χ2n) is 5.11. The summed E-state index contributed by atoms with van der Waals surface area (Å²) < 4.78 is 26.3. The van der Waals surface area contributed by atoms with E-state index >= 15 is 0 Å². The number of halogens is 2. The number of carbonyl (C=O) groups is 2. The topological polar surface area (TPSA) is 63.4 Å². The third-order valence-corrected chi connectivity index (χ3v) is 3.65. The van der Waals surface area contributed by atoms with Crippen molar-refractivity contribution in [2.24, 2.45) is 23.5 Å². The molecular weight excluding hydrogens is 230 g/mol. The van der Waals surface area contributed by atoms with Crippen LogP contribution in [0.25, 0.3) is 0 Å². The van der Waals surface area contributed by atoms with E-state index in [2.05, 4.69) is 0 Å². The maximum atomic E-state index is 13.1. The third kappa shape index (κ3) is 2.06. The average molecular weight is 246 g/mol. The quantitative estimate of drug-likeness (QED) is 0.742. The molecule has 17 heavy (non-hydrogen) atoms. The van der Waals surface area contributed by atoms with Crippen molar-refractivity contribution in [1.29, 1.82) is 0 Å². The van der Waals surface area contributed by atoms with E-state index in [0.717, 1.165) is 0 Å². The first-order valence-corrected chi connectivity index (χ1v) is 5.79. The lowest BCUT2D eigenvalue weighted by molar-refractivity contribution is -0.146. The molecule has 96 valence electrons. The van der Waals surface area contributed by atoms with E-state index in [9.17, 15) is 18.4 Å². The monoisotopic (exact) mass is 246 g/mol. The van der Waals surface area contributed by atoms with E-state index in [0.29, 0.717) is 23.7 Å². The van der Waals surface area contributed by atoms with Gasteiger partial charge in [-0.25, -0.2) is 8.78 Å². The largest absolute Gasteiger partial charge is 0.325 e. The van der Waals surface area contributed by atoms with Gasteiger partial charge in [0.05, 0.1) is 24.9 Å². The number of amides is 2. The van der Waals surface area contributed by atoms with Crippen LogP contribution >= 0.6 is 0 Å². The minimum atomic E-state index is -3.18. The molecule has 6 heteroatoms. The summed E-state index contributed by atoms with van der Waals surface area (Å²) >= 11 is 0. The summed E-state index contributed by atoms with van der Waals surface area (Å²) in [5.41, 5.74) is 4.91. The SMILES string of the molecule is CC1CC2C(=O)N(CC(F)(F)CN)C(=O)C2C1. The van der Waals surface area contributed by atoms with Gasteiger partial charge >= 0.3 is 0 Å². The van der Waals surface area contributed by atoms with Crippen LogP contribution in [-0.2, 0) is 9.59 Å². The van der Waals surface area contributed by atoms with E-state index in [4.69, 9.17) is 5.73 Å². The predicted octanol–water partition coefficient (Wildman–Crippen LogP) is 0.612. The highest BCUT2D eigenvalue weighted by Gasteiger charge is 2.53. The van der Waals surface area contributed by atoms with Gasteiger partial charge in [0, 0.05) is 0 Å². The molecule has 1 saturated carbocycles. The standard InChI is InChI=1S/C11H16F2N2O2/c1-6-2-7-8(3-6)10(17)15(9(7)16)5-11(12,13)4-14/h6-8H,2-5,14H2,1H3. The molecule has 2 rings (SSSR count). The maximum absolute atomic E-state index is 13.1. The highest BCUT2D eigenvalue weighted by molar-refractivity contribution is 6.05. The Morgan fingerprint density at radius 2 is 1.76 bits per heavy atom. The van der Waals surface area contributed by atoms with E-state index < -0.39 is 30.8 Å². The Morgan fingerprint density at radius 3 is 2.18 bits per heavy atom. The molecule has 2 unspecified atom stereocenters. The zero-order chi connectivity index (χ0) is 12.8. The van der Waals surface area contributed by atoms with E-state index in [-0.39, 0.29) is 11.8 Å². The molecule has 2 amide bonds. The lowest BCUT2D eigenvalue weighted by Gasteiger charge is -2.22. The third-order valence-electron chi connectivity index (χ3n) is 3.65. The van der Waals surface area contributed by atoms with Gasteiger partial charge in [-0.15, -0.1) is 0 Å². The summed E-state index contributed by atoms with van der Waals surface area (Å²) in [7, 11) is 0. The van der Waals surface area contributed by atoms with E-state index in [1.165, 1.54) is 0 Å². The Hall–Kier alpha value is -1.04. The Bertz CT molecular complexity index is 335. The van der Waals surface area contributed by atoms with Gasteiger partial charge in [-0.3, -0.25) is 14.5 Å². The van der Waals surface area contributed by atoms with Crippen LogP contribution in [0.5, 0.6) is 0 Å². The lowest BCUT2D eigenvalue weighted by atomic mass is 10.00. The van der Waals surface area contributed by atoms with Gasteiger partial charge in [0.15, 0.2) is 0 Å². The van der Waals surface area contributed by atoms with Crippen molar-refractivity contribution in [3.63, 3.8) is 0 Å². The van der Waals surface area contributed by atoms with E-state index in [1.807, 2.05) is 6.92 Å². The molecule has 0 bridgehead atoms. The van der Waals surface area contributed by atoms with Gasteiger partial charge in [-0.2, -0.15) is 0 Å². The number of nitrogens with two attached hydrogens (primary N) is 1. The van der Waals surface area contributed by atoms with Crippen LogP contribution in [0.15, 0.2) is 0 Å². The molecule has 2 atom stereocenters. The first kappa shape index (κ1) is 12.4. The minimum absolute atomic E-state index is 0.315. The van der Waals surface area contributed by atoms with Crippen LogP contribution in [0.1, 0.15) is 19.8 Å². The zero-order valence-corrected chi connectivity index (χ0v) is 9.66. The van der Waals surface area contributed by atoms with Crippen molar-refractivity contribution in [1.82, 2.24) is 4.90 Å². The minimum Gasteiger partial charge on any atom is -0.325 e. The molecule has 0 spiro atoms. The number of hydrogen-bond acceptors (Lipinski definition) is 3. The molecule has 0 radical (unpaired) electrons. The van der Waals surface area contributed by atoms with Crippen molar-refractivity contribution in [2.75, 3.05) is 13.1 Å². The molecule has 2 fully saturated rings. The molecule has 1 saturated heterocycles. The molecular formula is C11H16F2N2O2. The van der Waals surface area contributed by atoms with Crippen LogP contribution in [0.3, 0.4) is 0 Å². The second-order valence-corrected chi connectivity index (χ2v) is 5.11. The van der Waals surface area contributed by atoms with Crippen LogP contribution in [0.2, 0.25) is 0 Å². The number of rotatable bonds is 3. The van der Waals surface area contributed by atoms with Crippen LogP contribution in [0.4, 0.5) is 8.78 Å². The molecule has 2 N–H and O–H groups in total. The van der Waals surface area contributed by atoms with Crippen molar-refractivity contribution >= 4 is 11.8 Å². The summed E-state index contributed by atoms with van der Waals surface area (Å²) in [4.78, 5) is 24.4. The van der Waals surface area contributed by atoms with Gasteiger partial charge in [0.2, 0.25) is 11.8 Å². The van der Waals surface area contributed by atoms with Crippen molar-refractivity contribution in [3.05, 3.63) is 0 Å². The Balaban J connectivity index is 2.12. The van der Waals surface area contributed by atoms with Gasteiger partial charge in [0.25, 0.3) is 5.92 Å². The first-order valence-electron chi connectivity index (χ1n) is 5.79. The van der Waals surface area contributed by atoms with Crippen molar-refractivity contribution in [3.8, 4) is 0 Å². The predicted molar refractivity (Wildman–Crippen MR) is 56.1 cm³/mol. The fourth-order valence-corrected chi connectivity index (χ4v) is 2.80. The zero-order valence-electron chi connectivity index (χ0n) is 9.66. The summed E-state index contributed by atoms with van der Waals surface area (Å²) in [6.07, 6.45) is 1.25. The number of fused-ring (bicyclic) bond motifs is 1. The summed E-state index contributed by atoms with van der Waals surface area (Å²) in [5.74, 6) is -4.53. The molecule has 1 aliphatic heterocycles. The molecule has 0 aromatic heterocycles. The molecule has 1 aliphatic carbocycles. The Labute approximate surface area is 98.1 Å². The van der Waals surface area contributed by atoms with Crippen LogP contribution in [0, 0.1) is 17.8 Å². The number of likely N-dealkylation sites (tertiary alicyclic amines) is 1. The fourth-order valence-electron chi connectivity index (χ4n) is 2.80. The molecule has 0 aromatic rings.